The van der Waals surface area contributed by atoms with E-state index in [1.54, 1.807) is 0 Å². The van der Waals surface area contributed by atoms with E-state index in [1.165, 1.54) is 45.8 Å². The van der Waals surface area contributed by atoms with Gasteiger partial charge in [-0.05, 0) is 165 Å². The van der Waals surface area contributed by atoms with Crippen LogP contribution in [0.4, 0.5) is 51.2 Å². The first-order valence-electron chi connectivity index (χ1n) is 37.9. The van der Waals surface area contributed by atoms with Crippen molar-refractivity contribution >= 4 is 181 Å². The Hall–Kier alpha value is -14.3. The van der Waals surface area contributed by atoms with E-state index >= 15 is 0 Å². The van der Waals surface area contributed by atoms with Crippen molar-refractivity contribution in [1.82, 2.24) is 0 Å². The minimum Gasteiger partial charge on any atom is -0.456 e. The van der Waals surface area contributed by atoms with Crippen LogP contribution in [0.3, 0.4) is 0 Å². The van der Waals surface area contributed by atoms with Crippen molar-refractivity contribution in [2.24, 2.45) is 0 Å². The van der Waals surface area contributed by atoms with Gasteiger partial charge < -0.3 is 23.5 Å². The van der Waals surface area contributed by atoms with Crippen molar-refractivity contribution in [3.63, 3.8) is 0 Å². The predicted molar refractivity (Wildman–Crippen MR) is 473 cm³/mol. The maximum Gasteiger partial charge on any atom is 0.252 e. The first-order valence-corrected chi connectivity index (χ1v) is 39.6. The van der Waals surface area contributed by atoms with Gasteiger partial charge in [-0.25, -0.2) is 0 Å². The Bertz CT molecular complexity index is 7360. The maximum absolute atomic E-state index is 10.3. The molecule has 0 N–H and O–H groups in total. The van der Waals surface area contributed by atoms with Gasteiger partial charge in [0.25, 0.3) is 6.71 Å². The zero-order valence-electron chi connectivity index (χ0n) is 60.2. The highest BCUT2D eigenvalue weighted by Crippen LogP contribution is 2.56. The Labute approximate surface area is 653 Å². The van der Waals surface area contributed by atoms with E-state index < -0.39 is 0 Å². The van der Waals surface area contributed by atoms with E-state index in [1.807, 2.05) is 34.8 Å². The van der Waals surface area contributed by atoms with Gasteiger partial charge >= 0.3 is 0 Å². The molecule has 2 aliphatic rings. The third-order valence-electron chi connectivity index (χ3n) is 23.1. The van der Waals surface area contributed by atoms with Gasteiger partial charge in [-0.3, -0.25) is 0 Å². The zero-order chi connectivity index (χ0) is 73.6. The SMILES string of the molecule is N#Cc1ccc(N(c2ccccc2)c2ccc3c(c2)N(c2c(-c4ccccc4)cccc2-c2ccccc2)c2cc(-c4ccc5c(c4)sc4ccc6oc7ccccc7c6c45)cc4c2B3c2ccc(-c3cccc5c3oc3ccc6sc7ccccc7c6c35)cc2N4c2c(-c3ccccc3)cccc2-c2ccccc2)cc1. The highest BCUT2D eigenvalue weighted by Gasteiger charge is 2.46. The van der Waals surface area contributed by atoms with E-state index in [2.05, 4.69) is 379 Å². The number of nitriles is 1. The summed E-state index contributed by atoms with van der Waals surface area (Å²) in [7, 11) is 0. The quantitative estimate of drug-likeness (QED) is 0.120. The zero-order valence-corrected chi connectivity index (χ0v) is 61.9. The fraction of sp³-hybridized carbons (Fsp3) is 0. The molecular weight excluding hydrogens is 1400 g/mol. The smallest absolute Gasteiger partial charge is 0.252 e. The van der Waals surface area contributed by atoms with E-state index in [0.29, 0.717) is 5.56 Å². The second kappa shape index (κ2) is 25.4. The van der Waals surface area contributed by atoms with Gasteiger partial charge in [-0.2, -0.15) is 5.26 Å². The lowest BCUT2D eigenvalue weighted by molar-refractivity contribution is 0.669. The summed E-state index contributed by atoms with van der Waals surface area (Å²) in [6.45, 7) is -0.340. The molecular formula is C103H61BN4O2S2. The van der Waals surface area contributed by atoms with Crippen LogP contribution >= 0.6 is 22.7 Å². The van der Waals surface area contributed by atoms with E-state index in [0.717, 1.165) is 173 Å². The fourth-order valence-corrected chi connectivity index (χ4v) is 20.5. The lowest BCUT2D eigenvalue weighted by Gasteiger charge is -2.46. The third-order valence-corrected chi connectivity index (χ3v) is 25.3. The van der Waals surface area contributed by atoms with Crippen molar-refractivity contribution in [2.45, 2.75) is 0 Å². The van der Waals surface area contributed by atoms with Crippen molar-refractivity contribution in [3.05, 3.63) is 376 Å². The van der Waals surface area contributed by atoms with Gasteiger partial charge in [0.2, 0.25) is 0 Å². The molecule has 21 aromatic rings. The van der Waals surface area contributed by atoms with Crippen LogP contribution < -0.4 is 31.1 Å². The molecule has 0 radical (unpaired) electrons. The number of hydrogen-bond donors (Lipinski definition) is 0. The number of rotatable bonds is 11. The monoisotopic (exact) mass is 1460 g/mol. The standard InChI is InChI=1S/C103H61BN4O2S2/c105-62-63-43-47-72(48-44-63)106(71-31-14-5-15-32-71)73-49-52-84-86(61-73)108(102-76(66-27-10-3-11-28-66)37-21-38-77(102)67-29-12-4-13-30-67)88-59-70(68-45-50-81-95(60-68)112-94-55-53-90-96(99(81)94)79-33-16-18-41-89(79)109-90)58-87-100(88)104(84)83-51-46-69(78-39-22-40-82-97-91(110-103(78)82)54-56-93-98(97)80-34-17-19-42-92(80)111-93)57-85(83)107(87)101-74(64-23-6-1-7-24-64)35-20-36-75(101)65-25-8-2-9-26-65/h1-61H. The normalized spacial score (nSPS) is 12.4. The highest BCUT2D eigenvalue weighted by molar-refractivity contribution is 7.26. The molecule has 0 amide bonds. The molecule has 520 valence electrons. The number of furan rings is 2. The number of thiophene rings is 2. The van der Waals surface area contributed by atoms with E-state index in [4.69, 9.17) is 8.83 Å². The topological polar surface area (TPSA) is 59.8 Å². The Balaban J connectivity index is 0.869. The molecule has 0 spiro atoms. The first-order chi connectivity index (χ1) is 55.5. The molecule has 23 rings (SSSR count). The van der Waals surface area contributed by atoms with Crippen molar-refractivity contribution in [2.75, 3.05) is 14.7 Å². The van der Waals surface area contributed by atoms with Gasteiger partial charge in [-0.1, -0.05) is 261 Å². The molecule has 2 aliphatic heterocycles. The predicted octanol–water partition coefficient (Wildman–Crippen LogP) is 27.6. The number of benzene rings is 17. The van der Waals surface area contributed by atoms with E-state index in [-0.39, 0.29) is 6.71 Å². The Morgan fingerprint density at radius 2 is 0.741 bits per heavy atom. The summed E-state index contributed by atoms with van der Waals surface area (Å²) >= 11 is 3.67. The van der Waals surface area contributed by atoms with E-state index in [9.17, 15) is 5.26 Å². The summed E-state index contributed by atoms with van der Waals surface area (Å²) in [5.41, 5.74) is 29.6. The number of fused-ring (bicyclic) bond motifs is 18. The molecule has 0 saturated carbocycles. The average Bonchev–Trinajstić information content (AvgIpc) is 0.743. The van der Waals surface area contributed by atoms with Crippen LogP contribution in [-0.2, 0) is 0 Å². The van der Waals surface area contributed by atoms with Crippen molar-refractivity contribution < 1.29 is 8.83 Å². The van der Waals surface area contributed by atoms with Gasteiger partial charge in [0.15, 0.2) is 0 Å². The summed E-state index contributed by atoms with van der Waals surface area (Å²) in [5.74, 6) is 0. The van der Waals surface area contributed by atoms with Gasteiger partial charge in [0, 0.05) is 130 Å². The van der Waals surface area contributed by atoms with Crippen LogP contribution in [0.5, 0.6) is 0 Å². The second-order valence-electron chi connectivity index (χ2n) is 29.2. The molecule has 112 heavy (non-hydrogen) atoms. The average molecular weight is 1460 g/mol. The van der Waals surface area contributed by atoms with Gasteiger partial charge in [0.1, 0.15) is 22.3 Å². The number of nitrogens with zero attached hydrogens (tertiary/aromatic N) is 4. The fourth-order valence-electron chi connectivity index (χ4n) is 18.2. The number of anilines is 9. The summed E-state index contributed by atoms with van der Waals surface area (Å²) in [5, 5.41) is 19.6. The molecule has 17 aromatic carbocycles. The van der Waals surface area contributed by atoms with Crippen LogP contribution in [0.1, 0.15) is 5.56 Å². The van der Waals surface area contributed by atoms with Gasteiger partial charge in [0.05, 0.1) is 23.0 Å². The molecule has 0 fully saturated rings. The molecule has 0 bridgehead atoms. The molecule has 0 saturated heterocycles. The molecule has 4 aromatic heterocycles. The Morgan fingerprint density at radius 1 is 0.286 bits per heavy atom. The molecule has 0 unspecified atom stereocenters. The molecule has 9 heteroatoms. The number of hydrogen-bond acceptors (Lipinski definition) is 8. The van der Waals surface area contributed by atoms with Crippen LogP contribution in [0.2, 0.25) is 0 Å². The van der Waals surface area contributed by atoms with Crippen LogP contribution in [0.25, 0.3) is 151 Å². The Kier molecular flexibility index (Phi) is 14.5. The van der Waals surface area contributed by atoms with Crippen LogP contribution in [0.15, 0.2) is 379 Å². The number of para-hydroxylation sites is 5. The summed E-state index contributed by atoms with van der Waals surface area (Å²) in [4.78, 5) is 7.62. The molecule has 6 heterocycles. The minimum absolute atomic E-state index is 0.340. The molecule has 0 atom stereocenters. The summed E-state index contributed by atoms with van der Waals surface area (Å²) in [6.07, 6.45) is 0. The van der Waals surface area contributed by atoms with Crippen molar-refractivity contribution in [1.29, 1.82) is 5.26 Å². The summed E-state index contributed by atoms with van der Waals surface area (Å²) < 4.78 is 18.8. The van der Waals surface area contributed by atoms with Gasteiger partial charge in [-0.15, -0.1) is 22.7 Å². The third kappa shape index (κ3) is 9.89. The van der Waals surface area contributed by atoms with Crippen molar-refractivity contribution in [3.8, 4) is 72.8 Å². The second-order valence-corrected chi connectivity index (χ2v) is 31.3. The Morgan fingerprint density at radius 3 is 1.35 bits per heavy atom. The largest absolute Gasteiger partial charge is 0.456 e. The highest BCUT2D eigenvalue weighted by atomic mass is 32.1. The maximum atomic E-state index is 10.3. The first kappa shape index (κ1) is 63.8. The lowest BCUT2D eigenvalue weighted by Crippen LogP contribution is -2.61. The summed E-state index contributed by atoms with van der Waals surface area (Å²) in [6, 6.07) is 138. The molecule has 6 nitrogen and oxygen atoms in total. The lowest BCUT2D eigenvalue weighted by atomic mass is 9.33. The minimum atomic E-state index is -0.340. The van der Waals surface area contributed by atoms with Crippen LogP contribution in [-0.4, -0.2) is 6.71 Å². The molecule has 0 aliphatic carbocycles. The van der Waals surface area contributed by atoms with Crippen LogP contribution in [0, 0.1) is 11.3 Å².